The predicted octanol–water partition coefficient (Wildman–Crippen LogP) is 3.94. The van der Waals surface area contributed by atoms with E-state index in [1.165, 1.54) is 24.8 Å². The Bertz CT molecular complexity index is 855. The number of carbonyl (C=O) groups excluding carboxylic acids is 1. The molecule has 6 heteroatoms. The van der Waals surface area contributed by atoms with Crippen LogP contribution in [0.3, 0.4) is 0 Å². The van der Waals surface area contributed by atoms with Crippen molar-refractivity contribution in [1.29, 1.82) is 0 Å². The molecule has 1 aromatic carbocycles. The van der Waals surface area contributed by atoms with Crippen LogP contribution in [0.2, 0.25) is 0 Å². The van der Waals surface area contributed by atoms with Crippen LogP contribution in [0.15, 0.2) is 35.0 Å². The molecule has 0 atom stereocenters. The van der Waals surface area contributed by atoms with Crippen molar-refractivity contribution >= 4 is 5.91 Å². The number of ether oxygens (including phenoxy) is 1. The van der Waals surface area contributed by atoms with Crippen LogP contribution < -0.4 is 4.74 Å². The number of fused-ring (bicyclic) bond motifs is 1. The molecule has 1 spiro atoms. The molecule has 6 nitrogen and oxygen atoms in total. The maximum absolute atomic E-state index is 12.8. The molecule has 2 aromatic rings. The van der Waals surface area contributed by atoms with E-state index < -0.39 is 0 Å². The Morgan fingerprint density at radius 1 is 1.10 bits per heavy atom. The van der Waals surface area contributed by atoms with Gasteiger partial charge in [0.1, 0.15) is 23.7 Å². The molecule has 1 fully saturated rings. The molecule has 0 N–H and O–H groups in total. The Morgan fingerprint density at radius 2 is 1.90 bits per heavy atom. The van der Waals surface area contributed by atoms with E-state index in [4.69, 9.17) is 9.26 Å². The average Bonchev–Trinajstić information content (AvgIpc) is 3.17. The van der Waals surface area contributed by atoms with Crippen LogP contribution >= 0.6 is 0 Å². The van der Waals surface area contributed by atoms with E-state index in [9.17, 15) is 4.79 Å². The summed E-state index contributed by atoms with van der Waals surface area (Å²) in [5.74, 6) is 1.69. The number of rotatable bonds is 1. The van der Waals surface area contributed by atoms with Crippen molar-refractivity contribution in [1.82, 2.24) is 15.0 Å². The average molecular weight is 412 g/mol. The molecule has 0 saturated carbocycles. The Labute approximate surface area is 179 Å². The second-order valence-electron chi connectivity index (χ2n) is 8.99. The summed E-state index contributed by atoms with van der Waals surface area (Å²) in [6.07, 6.45) is 8.31. The summed E-state index contributed by atoms with van der Waals surface area (Å²) in [5.41, 5.74) is 2.19. The van der Waals surface area contributed by atoms with Gasteiger partial charge in [-0.2, -0.15) is 0 Å². The summed E-state index contributed by atoms with van der Waals surface area (Å²) in [6.45, 7) is 6.09. The highest BCUT2D eigenvalue weighted by molar-refractivity contribution is 5.94. The Hall–Kier alpha value is -2.34. The molecule has 162 valence electrons. The first kappa shape index (κ1) is 20.9. The zero-order valence-electron chi connectivity index (χ0n) is 18.2. The van der Waals surface area contributed by atoms with E-state index in [1.54, 1.807) is 13.1 Å². The Kier molecular flexibility index (Phi) is 6.42. The Morgan fingerprint density at radius 3 is 2.67 bits per heavy atom. The van der Waals surface area contributed by atoms with E-state index in [2.05, 4.69) is 41.4 Å². The topological polar surface area (TPSA) is 58.8 Å². The summed E-state index contributed by atoms with van der Waals surface area (Å²) in [4.78, 5) is 17.2. The van der Waals surface area contributed by atoms with Gasteiger partial charge in [-0.15, -0.1) is 0 Å². The normalized spacial score (nSPS) is 20.7. The highest BCUT2D eigenvalue weighted by Crippen LogP contribution is 2.38. The zero-order chi connectivity index (χ0) is 21.0. The molecule has 2 aliphatic rings. The van der Waals surface area contributed by atoms with Crippen LogP contribution in [0.1, 0.15) is 53.8 Å². The second-order valence-corrected chi connectivity index (χ2v) is 8.99. The van der Waals surface area contributed by atoms with Crippen molar-refractivity contribution < 1.29 is 14.1 Å². The van der Waals surface area contributed by atoms with Gasteiger partial charge in [-0.05, 0) is 63.1 Å². The number of nitrogens with zero attached hydrogens (tertiary/aromatic N) is 3. The third-order valence-corrected chi connectivity index (χ3v) is 6.80. The molecular formula is C24H33N3O3. The third-order valence-electron chi connectivity index (χ3n) is 6.80. The summed E-state index contributed by atoms with van der Waals surface area (Å²) >= 11 is 0. The van der Waals surface area contributed by atoms with E-state index in [0.717, 1.165) is 51.2 Å². The van der Waals surface area contributed by atoms with Gasteiger partial charge in [-0.1, -0.05) is 29.8 Å². The summed E-state index contributed by atoms with van der Waals surface area (Å²) in [6, 6.07) is 8.44. The van der Waals surface area contributed by atoms with Crippen LogP contribution in [-0.2, 0) is 6.42 Å². The number of aryl methyl sites for hydroxylation is 2. The number of likely N-dealkylation sites (N-methyl/N-ethyl adjacent to an activating group) is 1. The molecule has 0 unspecified atom stereocenters. The number of aromatic nitrogens is 1. The molecule has 4 rings (SSSR count). The standard InChI is InChI=1S/C24H33N3O3/c1-19-21(17-25-30-19)23(28)27-13-11-24(12-14-27)10-6-5-8-20-7-3-4-9-22(20)29-16-15-26(2)18-24/h3-4,7,9,17H,5-6,8,10-16,18H2,1-2H3. The molecule has 1 saturated heterocycles. The van der Waals surface area contributed by atoms with Gasteiger partial charge in [-0.25, -0.2) is 0 Å². The van der Waals surface area contributed by atoms with Crippen molar-refractivity contribution in [3.8, 4) is 5.75 Å². The predicted molar refractivity (Wildman–Crippen MR) is 116 cm³/mol. The minimum atomic E-state index is 0.0510. The van der Waals surface area contributed by atoms with Gasteiger partial charge in [0.05, 0.1) is 6.20 Å². The number of benzene rings is 1. The highest BCUT2D eigenvalue weighted by Gasteiger charge is 2.37. The Balaban J connectivity index is 1.41. The SMILES string of the molecule is Cc1oncc1C(=O)N1CCC2(CCCCc3ccccc3OCCN(C)C2)CC1. The fourth-order valence-corrected chi connectivity index (χ4v) is 4.98. The third kappa shape index (κ3) is 4.69. The molecule has 3 heterocycles. The monoisotopic (exact) mass is 411 g/mol. The first-order valence-corrected chi connectivity index (χ1v) is 11.2. The zero-order valence-corrected chi connectivity index (χ0v) is 18.2. The number of para-hydroxylation sites is 1. The molecule has 30 heavy (non-hydrogen) atoms. The lowest BCUT2D eigenvalue weighted by Gasteiger charge is -2.44. The van der Waals surface area contributed by atoms with Crippen molar-refractivity contribution in [2.24, 2.45) is 5.41 Å². The van der Waals surface area contributed by atoms with E-state index in [0.29, 0.717) is 17.9 Å². The number of amides is 1. The lowest BCUT2D eigenvalue weighted by atomic mass is 9.73. The quantitative estimate of drug-likeness (QED) is 0.711. The minimum absolute atomic E-state index is 0.0510. The molecule has 0 aliphatic carbocycles. The van der Waals surface area contributed by atoms with Crippen LogP contribution in [0.4, 0.5) is 0 Å². The lowest BCUT2D eigenvalue weighted by molar-refractivity contribution is 0.0423. The van der Waals surface area contributed by atoms with Gasteiger partial charge in [0.2, 0.25) is 0 Å². The number of likely N-dealkylation sites (tertiary alicyclic amines) is 1. The van der Waals surface area contributed by atoms with E-state index in [-0.39, 0.29) is 11.3 Å². The van der Waals surface area contributed by atoms with E-state index >= 15 is 0 Å². The van der Waals surface area contributed by atoms with Gasteiger partial charge in [-0.3, -0.25) is 4.79 Å². The maximum atomic E-state index is 12.8. The largest absolute Gasteiger partial charge is 0.492 e. The maximum Gasteiger partial charge on any atom is 0.259 e. The minimum Gasteiger partial charge on any atom is -0.492 e. The van der Waals surface area contributed by atoms with Crippen LogP contribution in [0, 0.1) is 12.3 Å². The highest BCUT2D eigenvalue weighted by atomic mass is 16.5. The summed E-state index contributed by atoms with van der Waals surface area (Å²) in [7, 11) is 2.20. The van der Waals surface area contributed by atoms with E-state index in [1.807, 2.05) is 4.90 Å². The molecule has 2 aliphatic heterocycles. The molecular weight excluding hydrogens is 378 g/mol. The molecule has 1 amide bonds. The second kappa shape index (κ2) is 9.21. The summed E-state index contributed by atoms with van der Waals surface area (Å²) < 4.78 is 11.2. The van der Waals surface area contributed by atoms with Gasteiger partial charge in [0.15, 0.2) is 0 Å². The molecule has 0 radical (unpaired) electrons. The van der Waals surface area contributed by atoms with Crippen molar-refractivity contribution in [3.63, 3.8) is 0 Å². The molecule has 1 aromatic heterocycles. The van der Waals surface area contributed by atoms with Crippen LogP contribution in [-0.4, -0.2) is 60.7 Å². The lowest BCUT2D eigenvalue weighted by Crippen LogP contribution is -2.48. The number of piperidine rings is 1. The number of hydrogen-bond donors (Lipinski definition) is 0. The van der Waals surface area contributed by atoms with Crippen molar-refractivity contribution in [2.75, 3.05) is 39.8 Å². The number of carbonyl (C=O) groups is 1. The van der Waals surface area contributed by atoms with Gasteiger partial charge >= 0.3 is 0 Å². The van der Waals surface area contributed by atoms with Crippen molar-refractivity contribution in [3.05, 3.63) is 47.3 Å². The van der Waals surface area contributed by atoms with Gasteiger partial charge in [0.25, 0.3) is 5.91 Å². The fourth-order valence-electron chi connectivity index (χ4n) is 4.98. The van der Waals surface area contributed by atoms with Gasteiger partial charge in [0, 0.05) is 26.2 Å². The van der Waals surface area contributed by atoms with Crippen molar-refractivity contribution in [2.45, 2.75) is 45.4 Å². The molecule has 0 bridgehead atoms. The van der Waals surface area contributed by atoms with Crippen LogP contribution in [0.5, 0.6) is 5.75 Å². The van der Waals surface area contributed by atoms with Crippen LogP contribution in [0.25, 0.3) is 0 Å². The first-order chi connectivity index (χ1) is 14.6. The number of hydrogen-bond acceptors (Lipinski definition) is 5. The smallest absolute Gasteiger partial charge is 0.259 e. The summed E-state index contributed by atoms with van der Waals surface area (Å²) in [5, 5.41) is 3.76. The first-order valence-electron chi connectivity index (χ1n) is 11.2. The fraction of sp³-hybridized carbons (Fsp3) is 0.583. The van der Waals surface area contributed by atoms with Gasteiger partial charge < -0.3 is 19.1 Å².